The number of nitrogens with two attached hydrogens (primary N) is 1. The molecule has 5 heteroatoms. The first-order valence-corrected chi connectivity index (χ1v) is 7.17. The lowest BCUT2D eigenvalue weighted by Gasteiger charge is -2.14. The molecule has 0 bridgehead atoms. The summed E-state index contributed by atoms with van der Waals surface area (Å²) in [6, 6.07) is 9.95. The van der Waals surface area contributed by atoms with Gasteiger partial charge in [-0.2, -0.15) is 0 Å². The predicted octanol–water partition coefficient (Wildman–Crippen LogP) is 5.14. The van der Waals surface area contributed by atoms with E-state index in [2.05, 4.69) is 15.9 Å². The minimum absolute atomic E-state index is 0.324. The molecule has 2 N–H and O–H groups in total. The minimum atomic E-state index is -0.435. The van der Waals surface area contributed by atoms with E-state index in [-0.39, 0.29) is 5.82 Å². The molecule has 0 amide bonds. The van der Waals surface area contributed by atoms with Crippen LogP contribution < -0.4 is 5.73 Å². The number of halogens is 4. The lowest BCUT2D eigenvalue weighted by Crippen LogP contribution is -2.15. The van der Waals surface area contributed by atoms with E-state index in [1.54, 1.807) is 30.3 Å². The third-order valence-corrected chi connectivity index (χ3v) is 4.17. The molecule has 2 aromatic rings. The van der Waals surface area contributed by atoms with Crippen LogP contribution in [0, 0.1) is 5.82 Å². The Morgan fingerprint density at radius 1 is 1.16 bits per heavy atom. The quantitative estimate of drug-likeness (QED) is 0.803. The summed E-state index contributed by atoms with van der Waals surface area (Å²) in [6.07, 6.45) is 0.490. The normalized spacial score (nSPS) is 12.5. The molecule has 0 spiro atoms. The van der Waals surface area contributed by atoms with Crippen LogP contribution in [0.15, 0.2) is 40.9 Å². The predicted molar refractivity (Wildman–Crippen MR) is 81.2 cm³/mol. The van der Waals surface area contributed by atoms with Gasteiger partial charge in [0.25, 0.3) is 0 Å². The van der Waals surface area contributed by atoms with Crippen LogP contribution in [0.5, 0.6) is 0 Å². The first-order valence-electron chi connectivity index (χ1n) is 5.62. The maximum Gasteiger partial charge on any atom is 0.142 e. The first-order chi connectivity index (χ1) is 8.99. The van der Waals surface area contributed by atoms with Crippen molar-refractivity contribution in [1.82, 2.24) is 0 Å². The summed E-state index contributed by atoms with van der Waals surface area (Å²) in [7, 11) is 0. The maximum absolute atomic E-state index is 13.9. The fraction of sp³-hybridized carbons (Fsp3) is 0.143. The second-order valence-corrected chi connectivity index (χ2v) is 5.87. The van der Waals surface area contributed by atoms with Crippen molar-refractivity contribution < 1.29 is 4.39 Å². The van der Waals surface area contributed by atoms with Crippen molar-refractivity contribution in [2.45, 2.75) is 12.5 Å². The van der Waals surface area contributed by atoms with Crippen molar-refractivity contribution >= 4 is 39.1 Å². The zero-order valence-corrected chi connectivity index (χ0v) is 12.9. The van der Waals surface area contributed by atoms with Gasteiger partial charge in [-0.1, -0.05) is 41.4 Å². The van der Waals surface area contributed by atoms with E-state index >= 15 is 0 Å². The van der Waals surface area contributed by atoms with Crippen molar-refractivity contribution in [3.8, 4) is 0 Å². The highest BCUT2D eigenvalue weighted by atomic mass is 79.9. The second-order valence-electron chi connectivity index (χ2n) is 4.20. The fourth-order valence-corrected chi connectivity index (χ4v) is 2.54. The van der Waals surface area contributed by atoms with Crippen LogP contribution in [0.4, 0.5) is 4.39 Å². The average molecular weight is 363 g/mol. The molecule has 0 aliphatic heterocycles. The number of benzene rings is 2. The summed E-state index contributed by atoms with van der Waals surface area (Å²) >= 11 is 14.9. The van der Waals surface area contributed by atoms with Crippen molar-refractivity contribution in [1.29, 1.82) is 0 Å². The Bertz CT molecular complexity index is 604. The summed E-state index contributed by atoms with van der Waals surface area (Å²) in [6.45, 7) is 0. The fourth-order valence-electron chi connectivity index (χ4n) is 1.84. The molecule has 1 nitrogen and oxygen atoms in total. The van der Waals surface area contributed by atoms with E-state index in [9.17, 15) is 4.39 Å². The number of rotatable bonds is 3. The molecular formula is C14H11BrCl2FN. The van der Waals surface area contributed by atoms with Gasteiger partial charge in [-0.15, -0.1) is 0 Å². The summed E-state index contributed by atoms with van der Waals surface area (Å²) in [5, 5.41) is 0.966. The molecule has 0 aliphatic rings. The molecule has 2 aromatic carbocycles. The zero-order chi connectivity index (χ0) is 14.0. The lowest BCUT2D eigenvalue weighted by molar-refractivity contribution is 0.575. The topological polar surface area (TPSA) is 26.0 Å². The highest BCUT2D eigenvalue weighted by molar-refractivity contribution is 9.10. The summed E-state index contributed by atoms with van der Waals surface area (Å²) in [5.41, 5.74) is 7.44. The second kappa shape index (κ2) is 6.23. The van der Waals surface area contributed by atoms with Gasteiger partial charge in [0, 0.05) is 11.6 Å². The van der Waals surface area contributed by atoms with Crippen LogP contribution in [0.3, 0.4) is 0 Å². The van der Waals surface area contributed by atoms with Crippen molar-refractivity contribution in [2.24, 2.45) is 5.73 Å². The van der Waals surface area contributed by atoms with Crippen molar-refractivity contribution in [3.63, 3.8) is 0 Å². The van der Waals surface area contributed by atoms with E-state index in [0.717, 1.165) is 5.56 Å². The molecule has 1 atom stereocenters. The van der Waals surface area contributed by atoms with Crippen LogP contribution in [0.2, 0.25) is 10.0 Å². The van der Waals surface area contributed by atoms with Gasteiger partial charge in [-0.25, -0.2) is 4.39 Å². The van der Waals surface area contributed by atoms with Crippen LogP contribution in [-0.2, 0) is 6.42 Å². The smallest absolute Gasteiger partial charge is 0.142 e. The molecule has 2 rings (SSSR count). The van der Waals surface area contributed by atoms with Gasteiger partial charge < -0.3 is 5.73 Å². The van der Waals surface area contributed by atoms with Gasteiger partial charge in [0.05, 0.1) is 14.5 Å². The number of hydrogen-bond acceptors (Lipinski definition) is 1. The Morgan fingerprint density at radius 3 is 2.58 bits per heavy atom. The Hall–Kier alpha value is -0.610. The molecule has 19 heavy (non-hydrogen) atoms. The Labute approximate surface area is 129 Å². The van der Waals surface area contributed by atoms with E-state index in [4.69, 9.17) is 28.9 Å². The molecule has 0 radical (unpaired) electrons. The third kappa shape index (κ3) is 3.48. The van der Waals surface area contributed by atoms with Crippen LogP contribution in [0.1, 0.15) is 17.2 Å². The van der Waals surface area contributed by atoms with Gasteiger partial charge in [0.2, 0.25) is 0 Å². The lowest BCUT2D eigenvalue weighted by atomic mass is 9.99. The van der Waals surface area contributed by atoms with Gasteiger partial charge in [-0.05, 0) is 46.1 Å². The highest BCUT2D eigenvalue weighted by Gasteiger charge is 2.14. The van der Waals surface area contributed by atoms with E-state index in [0.29, 0.717) is 26.5 Å². The Balaban J connectivity index is 2.23. The van der Waals surface area contributed by atoms with E-state index < -0.39 is 6.04 Å². The molecule has 0 heterocycles. The molecule has 0 aliphatic carbocycles. The summed E-state index contributed by atoms with van der Waals surface area (Å²) < 4.78 is 14.3. The summed E-state index contributed by atoms with van der Waals surface area (Å²) in [5.74, 6) is -0.324. The van der Waals surface area contributed by atoms with Gasteiger partial charge >= 0.3 is 0 Å². The molecule has 1 unspecified atom stereocenters. The highest BCUT2D eigenvalue weighted by Crippen LogP contribution is 2.27. The molecule has 100 valence electrons. The van der Waals surface area contributed by atoms with Gasteiger partial charge in [-0.3, -0.25) is 0 Å². The Kier molecular flexibility index (Phi) is 4.85. The average Bonchev–Trinajstić information content (AvgIpc) is 2.37. The maximum atomic E-state index is 13.9. The summed E-state index contributed by atoms with van der Waals surface area (Å²) in [4.78, 5) is 0. The van der Waals surface area contributed by atoms with Gasteiger partial charge in [0.1, 0.15) is 5.82 Å². The molecule has 0 saturated carbocycles. The third-order valence-electron chi connectivity index (χ3n) is 2.82. The Morgan fingerprint density at radius 2 is 1.89 bits per heavy atom. The molecule has 0 saturated heterocycles. The van der Waals surface area contributed by atoms with Gasteiger partial charge in [0.15, 0.2) is 0 Å². The standard InChI is InChI=1S/C14H11BrCl2FN/c15-10-3-1-2-9(14(10)18)13(19)7-8-4-5-11(16)12(17)6-8/h1-6,13H,7,19H2. The van der Waals surface area contributed by atoms with Crippen molar-refractivity contribution in [3.05, 3.63) is 67.9 Å². The first kappa shape index (κ1) is 14.8. The van der Waals surface area contributed by atoms with Crippen LogP contribution in [-0.4, -0.2) is 0 Å². The minimum Gasteiger partial charge on any atom is -0.324 e. The SMILES string of the molecule is NC(Cc1ccc(Cl)c(Cl)c1)c1cccc(Br)c1F. The van der Waals surface area contributed by atoms with E-state index in [1.807, 2.05) is 6.07 Å². The zero-order valence-electron chi connectivity index (χ0n) is 9.84. The van der Waals surface area contributed by atoms with Crippen LogP contribution >= 0.6 is 39.1 Å². The molecule has 0 aromatic heterocycles. The molecule has 0 fully saturated rings. The molecular weight excluding hydrogens is 352 g/mol. The van der Waals surface area contributed by atoms with Crippen LogP contribution in [0.25, 0.3) is 0 Å². The monoisotopic (exact) mass is 361 g/mol. The number of hydrogen-bond donors (Lipinski definition) is 1. The van der Waals surface area contributed by atoms with E-state index in [1.165, 1.54) is 0 Å². The van der Waals surface area contributed by atoms with Crippen molar-refractivity contribution in [2.75, 3.05) is 0 Å². The largest absolute Gasteiger partial charge is 0.324 e.